The van der Waals surface area contributed by atoms with Gasteiger partial charge in [0.1, 0.15) is 0 Å². The number of unbranched alkanes of at least 4 members (excludes halogenated alkanes) is 9. The first-order valence-corrected chi connectivity index (χ1v) is 10.7. The molecule has 0 bridgehead atoms. The maximum absolute atomic E-state index is 6.05. The summed E-state index contributed by atoms with van der Waals surface area (Å²) in [5.41, 5.74) is 0. The first-order valence-electron chi connectivity index (χ1n) is 10.7. The van der Waals surface area contributed by atoms with Crippen molar-refractivity contribution in [3.05, 3.63) is 0 Å². The van der Waals surface area contributed by atoms with Crippen molar-refractivity contribution in [2.45, 2.75) is 128 Å². The maximum atomic E-state index is 6.05. The Morgan fingerprint density at radius 2 is 1.50 bits per heavy atom. The van der Waals surface area contributed by atoms with Gasteiger partial charge in [0.15, 0.2) is 5.79 Å². The van der Waals surface area contributed by atoms with Gasteiger partial charge in [-0.2, -0.15) is 0 Å². The number of rotatable bonds is 11. The van der Waals surface area contributed by atoms with Gasteiger partial charge >= 0.3 is 0 Å². The summed E-state index contributed by atoms with van der Waals surface area (Å²) >= 11 is 0. The normalized spacial score (nSPS) is 29.4. The average molecular weight is 340 g/mol. The van der Waals surface area contributed by atoms with E-state index in [0.29, 0.717) is 18.2 Å². The molecule has 0 aliphatic carbocycles. The molecule has 0 aromatic carbocycles. The molecule has 2 saturated heterocycles. The highest BCUT2D eigenvalue weighted by atomic mass is 16.7. The van der Waals surface area contributed by atoms with Crippen LogP contribution in [0, 0.1) is 0 Å². The lowest BCUT2D eigenvalue weighted by molar-refractivity contribution is -0.288. The zero-order valence-corrected chi connectivity index (χ0v) is 16.4. The Labute approximate surface area is 150 Å². The highest BCUT2D eigenvalue weighted by Gasteiger charge is 2.39. The minimum atomic E-state index is -0.397. The van der Waals surface area contributed by atoms with Crippen LogP contribution in [0.2, 0.25) is 0 Å². The van der Waals surface area contributed by atoms with Crippen LogP contribution in [0.1, 0.15) is 104 Å². The Bertz CT molecular complexity index is 332. The maximum Gasteiger partial charge on any atom is 0.163 e. The summed E-state index contributed by atoms with van der Waals surface area (Å²) < 4.78 is 11.8. The van der Waals surface area contributed by atoms with E-state index in [9.17, 15) is 0 Å². The van der Waals surface area contributed by atoms with Gasteiger partial charge in [0, 0.05) is 6.04 Å². The lowest BCUT2D eigenvalue weighted by Crippen LogP contribution is -2.59. The Hall–Kier alpha value is -0.120. The number of fused-ring (bicyclic) bond motifs is 1. The van der Waals surface area contributed by atoms with Crippen molar-refractivity contribution in [3.8, 4) is 0 Å². The van der Waals surface area contributed by atoms with E-state index in [1.807, 2.05) is 13.8 Å². The quantitative estimate of drug-likeness (QED) is 0.499. The molecule has 0 aromatic rings. The van der Waals surface area contributed by atoms with Gasteiger partial charge in [-0.3, -0.25) is 0 Å². The minimum absolute atomic E-state index is 0.345. The van der Waals surface area contributed by atoms with Gasteiger partial charge < -0.3 is 14.8 Å². The second kappa shape index (κ2) is 10.8. The molecular weight excluding hydrogens is 298 g/mol. The molecule has 3 heteroatoms. The Morgan fingerprint density at radius 3 is 2.17 bits per heavy atom. The summed E-state index contributed by atoms with van der Waals surface area (Å²) in [6.07, 6.45) is 18.3. The smallest absolute Gasteiger partial charge is 0.163 e. The van der Waals surface area contributed by atoms with Gasteiger partial charge in [-0.25, -0.2) is 0 Å². The standard InChI is InChI=1S/C21H41NO2/c1-4-5-6-7-8-9-10-11-12-13-14-18-15-16-20-19(22-18)17-23-21(2,3)24-20/h18-20,22H,4-17H2,1-3H3/t18-,19+,20+/m1/s1. The zero-order valence-electron chi connectivity index (χ0n) is 16.4. The second-order valence-electron chi connectivity index (χ2n) is 8.39. The highest BCUT2D eigenvalue weighted by Crippen LogP contribution is 2.29. The van der Waals surface area contributed by atoms with Crippen LogP contribution in [0.5, 0.6) is 0 Å². The molecule has 2 fully saturated rings. The fourth-order valence-corrected chi connectivity index (χ4v) is 4.15. The molecule has 142 valence electrons. The lowest BCUT2D eigenvalue weighted by atomic mass is 9.91. The molecule has 0 unspecified atom stereocenters. The average Bonchev–Trinajstić information content (AvgIpc) is 2.56. The summed E-state index contributed by atoms with van der Waals surface area (Å²) in [6, 6.07) is 1.08. The molecular formula is C21H41NO2. The van der Waals surface area contributed by atoms with E-state index in [0.717, 1.165) is 6.61 Å². The third kappa shape index (κ3) is 7.41. The first kappa shape index (κ1) is 20.2. The van der Waals surface area contributed by atoms with Crippen molar-refractivity contribution in [2.75, 3.05) is 6.61 Å². The van der Waals surface area contributed by atoms with Crippen molar-refractivity contribution in [3.63, 3.8) is 0 Å². The third-order valence-corrected chi connectivity index (χ3v) is 5.65. The van der Waals surface area contributed by atoms with E-state index in [4.69, 9.17) is 9.47 Å². The van der Waals surface area contributed by atoms with Crippen LogP contribution in [0.4, 0.5) is 0 Å². The van der Waals surface area contributed by atoms with Crippen molar-refractivity contribution in [1.29, 1.82) is 0 Å². The lowest BCUT2D eigenvalue weighted by Gasteiger charge is -2.46. The molecule has 2 rings (SSSR count). The van der Waals surface area contributed by atoms with E-state index in [1.54, 1.807) is 0 Å². The molecule has 0 radical (unpaired) electrons. The van der Waals surface area contributed by atoms with E-state index in [2.05, 4.69) is 12.2 Å². The number of hydrogen-bond donors (Lipinski definition) is 1. The number of piperidine rings is 1. The number of ether oxygens (including phenoxy) is 2. The van der Waals surface area contributed by atoms with E-state index >= 15 is 0 Å². The Morgan fingerprint density at radius 1 is 0.875 bits per heavy atom. The Balaban J connectivity index is 1.45. The summed E-state index contributed by atoms with van der Waals surface area (Å²) in [6.45, 7) is 7.14. The van der Waals surface area contributed by atoms with Crippen LogP contribution in [-0.2, 0) is 9.47 Å². The fraction of sp³-hybridized carbons (Fsp3) is 1.00. The molecule has 0 saturated carbocycles. The molecule has 0 spiro atoms. The molecule has 3 nitrogen and oxygen atoms in total. The van der Waals surface area contributed by atoms with Crippen LogP contribution in [-0.4, -0.2) is 30.6 Å². The van der Waals surface area contributed by atoms with E-state index < -0.39 is 5.79 Å². The van der Waals surface area contributed by atoms with E-state index in [-0.39, 0.29) is 0 Å². The molecule has 0 aromatic heterocycles. The van der Waals surface area contributed by atoms with Crippen molar-refractivity contribution < 1.29 is 9.47 Å². The van der Waals surface area contributed by atoms with Gasteiger partial charge in [0.2, 0.25) is 0 Å². The zero-order chi connectivity index (χ0) is 17.3. The van der Waals surface area contributed by atoms with Crippen LogP contribution >= 0.6 is 0 Å². The molecule has 24 heavy (non-hydrogen) atoms. The molecule has 3 atom stereocenters. The molecule has 2 aliphatic heterocycles. The first-order chi connectivity index (χ1) is 11.6. The van der Waals surface area contributed by atoms with Crippen LogP contribution in [0.25, 0.3) is 0 Å². The predicted molar refractivity (Wildman–Crippen MR) is 101 cm³/mol. The van der Waals surface area contributed by atoms with Gasteiger partial charge in [-0.05, 0) is 33.1 Å². The van der Waals surface area contributed by atoms with Gasteiger partial charge in [-0.15, -0.1) is 0 Å². The number of hydrogen-bond acceptors (Lipinski definition) is 3. The van der Waals surface area contributed by atoms with Crippen LogP contribution < -0.4 is 5.32 Å². The molecule has 1 N–H and O–H groups in total. The SMILES string of the molecule is CCCCCCCCCCCC[C@@H]1CC[C@@H]2OC(C)(C)OC[C@@H]2N1. The fourth-order valence-electron chi connectivity index (χ4n) is 4.15. The summed E-state index contributed by atoms with van der Waals surface area (Å²) in [7, 11) is 0. The number of nitrogens with one attached hydrogen (secondary N) is 1. The Kier molecular flexibility index (Phi) is 9.07. The highest BCUT2D eigenvalue weighted by molar-refractivity contribution is 4.91. The van der Waals surface area contributed by atoms with Crippen molar-refractivity contribution in [1.82, 2.24) is 5.32 Å². The van der Waals surface area contributed by atoms with Crippen LogP contribution in [0.3, 0.4) is 0 Å². The minimum Gasteiger partial charge on any atom is -0.349 e. The molecule has 2 heterocycles. The summed E-state index contributed by atoms with van der Waals surface area (Å²) in [5.74, 6) is -0.397. The monoisotopic (exact) mass is 339 g/mol. The second-order valence-corrected chi connectivity index (χ2v) is 8.39. The summed E-state index contributed by atoms with van der Waals surface area (Å²) in [4.78, 5) is 0. The molecule has 2 aliphatic rings. The van der Waals surface area contributed by atoms with Gasteiger partial charge in [0.05, 0.1) is 18.8 Å². The summed E-state index contributed by atoms with van der Waals surface area (Å²) in [5, 5.41) is 3.77. The topological polar surface area (TPSA) is 30.5 Å². The van der Waals surface area contributed by atoms with Gasteiger partial charge in [0.25, 0.3) is 0 Å². The van der Waals surface area contributed by atoms with Crippen LogP contribution in [0.15, 0.2) is 0 Å². The van der Waals surface area contributed by atoms with Gasteiger partial charge in [-0.1, -0.05) is 71.1 Å². The third-order valence-electron chi connectivity index (χ3n) is 5.65. The van der Waals surface area contributed by atoms with E-state index in [1.165, 1.54) is 83.5 Å². The van der Waals surface area contributed by atoms with Crippen molar-refractivity contribution >= 4 is 0 Å². The van der Waals surface area contributed by atoms with Crippen molar-refractivity contribution in [2.24, 2.45) is 0 Å². The predicted octanol–water partition coefficient (Wildman–Crippen LogP) is 5.57. The largest absolute Gasteiger partial charge is 0.349 e. The molecule has 0 amide bonds.